The van der Waals surface area contributed by atoms with E-state index in [9.17, 15) is 36.6 Å². The zero-order valence-corrected chi connectivity index (χ0v) is 49.8. The van der Waals surface area contributed by atoms with Crippen LogP contribution in [0.5, 0.6) is 0 Å². The normalized spacial score (nSPS) is 19.3. The van der Waals surface area contributed by atoms with Crippen LogP contribution < -0.4 is 30.7 Å². The number of fused-ring (bicyclic) bond motifs is 3. The Balaban J connectivity index is 0.000000172. The van der Waals surface area contributed by atoms with Gasteiger partial charge in [-0.1, -0.05) is 47.6 Å². The number of aromatic nitrogens is 12. The van der Waals surface area contributed by atoms with E-state index in [2.05, 4.69) is 102 Å². The van der Waals surface area contributed by atoms with Crippen molar-refractivity contribution in [3.63, 3.8) is 0 Å². The van der Waals surface area contributed by atoms with Crippen LogP contribution in [-0.2, 0) is 12.4 Å². The number of anilines is 3. The maximum Gasteiger partial charge on any atom is 0.418 e. The molecule has 26 heteroatoms. The summed E-state index contributed by atoms with van der Waals surface area (Å²) < 4.78 is 82.6. The second-order valence-corrected chi connectivity index (χ2v) is 23.8. The van der Waals surface area contributed by atoms with Crippen LogP contribution in [0.3, 0.4) is 0 Å². The van der Waals surface area contributed by atoms with Crippen LogP contribution in [0.15, 0.2) is 97.5 Å². The molecule has 3 saturated heterocycles. The third kappa shape index (κ3) is 13.6. The van der Waals surface area contributed by atoms with Crippen molar-refractivity contribution < 1.29 is 39.4 Å². The molecule has 3 aliphatic rings. The average molecular weight is 1210 g/mol. The van der Waals surface area contributed by atoms with Gasteiger partial charge < -0.3 is 40.9 Å². The molecule has 9 aromatic rings. The smallest absolute Gasteiger partial charge is 0.388 e. The molecule has 12 rings (SSSR count). The van der Waals surface area contributed by atoms with E-state index in [1.54, 1.807) is 44.3 Å². The summed E-state index contributed by atoms with van der Waals surface area (Å²) in [5, 5.41) is 54.7. The molecule has 3 aliphatic heterocycles. The molecule has 12 heterocycles. The largest absolute Gasteiger partial charge is 0.418 e. The summed E-state index contributed by atoms with van der Waals surface area (Å²) >= 11 is 0. The van der Waals surface area contributed by atoms with E-state index in [1.807, 2.05) is 55.7 Å². The van der Waals surface area contributed by atoms with Crippen LogP contribution in [-0.4, -0.2) is 159 Å². The van der Waals surface area contributed by atoms with Gasteiger partial charge in [-0.2, -0.15) is 41.6 Å². The molecule has 3 fully saturated rings. The van der Waals surface area contributed by atoms with E-state index in [4.69, 9.17) is 4.98 Å². The lowest BCUT2D eigenvalue weighted by Gasteiger charge is -2.43. The van der Waals surface area contributed by atoms with Gasteiger partial charge in [-0.15, -0.1) is 0 Å². The SMILES string of the molecule is CC(C)C(C)(O)C1CN(c2ccc(C(F)(F)F)c(-c3[nH]nc4ncccc34)n2)CCN1.CC(C)C(C)(O)C1CN(c2ccc(C(F)(F)F)c(-c3[nH]nc4ncccc34)n2)CCN1.CC(C)C[C@@H]1CN(c2cccc(-c3[nH]nc4ncccc34)n2)CCN1.[HH].[HH]. The third-order valence-corrected chi connectivity index (χ3v) is 16.9. The Kier molecular flexibility index (Phi) is 18.2. The molecule has 0 aromatic carbocycles. The van der Waals surface area contributed by atoms with Crippen molar-refractivity contribution in [3.8, 4) is 34.2 Å². The highest BCUT2D eigenvalue weighted by atomic mass is 19.4. The van der Waals surface area contributed by atoms with Gasteiger partial charge in [0.1, 0.15) is 28.8 Å². The average Bonchev–Trinajstić information content (AvgIpc) is 2.16. The molecule has 0 spiro atoms. The van der Waals surface area contributed by atoms with Crippen molar-refractivity contribution in [1.82, 2.24) is 76.4 Å². The molecule has 9 aromatic heterocycles. The topological polar surface area (TPSA) is 250 Å². The lowest BCUT2D eigenvalue weighted by Crippen LogP contribution is -2.62. The van der Waals surface area contributed by atoms with Gasteiger partial charge in [0.25, 0.3) is 0 Å². The monoisotopic (exact) mass is 1210 g/mol. The highest BCUT2D eigenvalue weighted by Gasteiger charge is 2.42. The van der Waals surface area contributed by atoms with Crippen molar-refractivity contribution in [1.29, 1.82) is 0 Å². The first-order valence-electron chi connectivity index (χ1n) is 29.3. The number of aliphatic hydroxyl groups is 2. The molecule has 5 atom stereocenters. The molecular formula is C61H78F6N18O2. The van der Waals surface area contributed by atoms with E-state index in [-0.39, 0.29) is 49.5 Å². The number of halogens is 6. The van der Waals surface area contributed by atoms with E-state index in [0.717, 1.165) is 60.0 Å². The first kappa shape index (κ1) is 62.2. The molecule has 20 nitrogen and oxygen atoms in total. The van der Waals surface area contributed by atoms with Gasteiger partial charge in [0, 0.05) is 103 Å². The zero-order chi connectivity index (χ0) is 62.0. The lowest BCUT2D eigenvalue weighted by molar-refractivity contribution is -0.138. The molecule has 0 bridgehead atoms. The van der Waals surface area contributed by atoms with Gasteiger partial charge in [0.2, 0.25) is 0 Å². The van der Waals surface area contributed by atoms with Crippen molar-refractivity contribution in [2.45, 2.75) is 103 Å². The van der Waals surface area contributed by atoms with Gasteiger partial charge >= 0.3 is 12.4 Å². The molecule has 4 unspecified atom stereocenters. The Bertz CT molecular complexity index is 3630. The maximum absolute atomic E-state index is 13.8. The summed E-state index contributed by atoms with van der Waals surface area (Å²) in [7, 11) is 0. The Hall–Kier alpha value is -7.91. The summed E-state index contributed by atoms with van der Waals surface area (Å²) in [4.78, 5) is 32.4. The molecule has 0 amide bonds. The van der Waals surface area contributed by atoms with Gasteiger partial charge in [-0.25, -0.2) is 29.9 Å². The van der Waals surface area contributed by atoms with Gasteiger partial charge in [0.05, 0.1) is 57.2 Å². The second kappa shape index (κ2) is 25.4. The van der Waals surface area contributed by atoms with Crippen LogP contribution in [0.2, 0.25) is 0 Å². The standard InChI is InChI=1S/2C21H25F3N6O.C19H24N6.2H2/c2*1-12(2)20(3,31)15-11-30(10-9-25-15)16-7-6-14(21(22,23)24)18(27-16)17-13-5-4-8-26-19(13)29-28-17;1-13(2)11-14-12-25(10-9-20-14)17-7-3-6-16(22-17)18-15-5-4-8-21-19(15)24-23-18;;/h2*4-8,12,15,25,31H,9-11H2,1-3H3,(H,26,28,29);3-8,13-14,20H,9-12H2,1-2H3,(H,21,23,24);2*1H/t;;14-;;/m..1../s1. The lowest BCUT2D eigenvalue weighted by atomic mass is 9.84. The minimum atomic E-state index is -4.58. The summed E-state index contributed by atoms with van der Waals surface area (Å²) in [6.45, 7) is 22.0. The summed E-state index contributed by atoms with van der Waals surface area (Å²) in [5.74, 6) is 2.57. The summed E-state index contributed by atoms with van der Waals surface area (Å²) in [5.41, 5.74) is -0.487. The number of rotatable bonds is 12. The molecule has 0 aliphatic carbocycles. The van der Waals surface area contributed by atoms with Crippen LogP contribution >= 0.6 is 0 Å². The number of nitrogens with one attached hydrogen (secondary N) is 6. The number of hydrogen-bond acceptors (Lipinski definition) is 17. The van der Waals surface area contributed by atoms with E-state index in [1.165, 1.54) is 30.9 Å². The number of hydrogen-bond donors (Lipinski definition) is 8. The molecule has 466 valence electrons. The predicted octanol–water partition coefficient (Wildman–Crippen LogP) is 9.78. The van der Waals surface area contributed by atoms with Crippen LogP contribution in [0.1, 0.15) is 75.8 Å². The highest BCUT2D eigenvalue weighted by Crippen LogP contribution is 2.41. The Morgan fingerprint density at radius 2 is 0.908 bits per heavy atom. The summed E-state index contributed by atoms with van der Waals surface area (Å²) in [6, 6.07) is 21.7. The second-order valence-electron chi connectivity index (χ2n) is 23.8. The minimum absolute atomic E-state index is 0. The van der Waals surface area contributed by atoms with E-state index >= 15 is 0 Å². The third-order valence-electron chi connectivity index (χ3n) is 16.9. The van der Waals surface area contributed by atoms with Crippen LogP contribution in [0, 0.1) is 17.8 Å². The first-order valence-corrected chi connectivity index (χ1v) is 29.3. The molecule has 8 N–H and O–H groups in total. The minimum Gasteiger partial charge on any atom is -0.388 e. The van der Waals surface area contributed by atoms with E-state index in [0.29, 0.717) is 84.9 Å². The number of pyridine rings is 6. The molecular weight excluding hydrogens is 1130 g/mol. The zero-order valence-electron chi connectivity index (χ0n) is 49.8. The van der Waals surface area contributed by atoms with Crippen molar-refractivity contribution in [2.75, 3.05) is 73.6 Å². The van der Waals surface area contributed by atoms with Crippen molar-refractivity contribution >= 4 is 50.6 Å². The quantitative estimate of drug-likeness (QED) is 0.0530. The van der Waals surface area contributed by atoms with Crippen molar-refractivity contribution in [3.05, 3.63) is 109 Å². The fourth-order valence-corrected chi connectivity index (χ4v) is 11.2. The Labute approximate surface area is 502 Å². The predicted molar refractivity (Wildman–Crippen MR) is 328 cm³/mol. The van der Waals surface area contributed by atoms with Crippen LogP contribution in [0.25, 0.3) is 67.3 Å². The fraction of sp³-hybridized carbons (Fsp3) is 0.459. The number of nitrogens with zero attached hydrogens (tertiary/aromatic N) is 12. The van der Waals surface area contributed by atoms with Gasteiger partial charge in [-0.3, -0.25) is 15.3 Å². The van der Waals surface area contributed by atoms with Crippen molar-refractivity contribution in [2.24, 2.45) is 17.8 Å². The Morgan fingerprint density at radius 1 is 0.506 bits per heavy atom. The summed E-state index contributed by atoms with van der Waals surface area (Å²) in [6.07, 6.45) is -3.15. The van der Waals surface area contributed by atoms with Gasteiger partial charge in [-0.05, 0) is 111 Å². The fourth-order valence-electron chi connectivity index (χ4n) is 11.2. The number of alkyl halides is 6. The Morgan fingerprint density at radius 3 is 1.33 bits per heavy atom. The van der Waals surface area contributed by atoms with Gasteiger partial charge in [0.15, 0.2) is 16.9 Å². The molecule has 0 saturated carbocycles. The van der Waals surface area contributed by atoms with Crippen LogP contribution in [0.4, 0.5) is 43.8 Å². The number of aromatic amines is 3. The maximum atomic E-state index is 13.8. The molecule has 0 radical (unpaired) electrons. The number of H-pyrrole nitrogens is 3. The molecule has 87 heavy (non-hydrogen) atoms. The highest BCUT2D eigenvalue weighted by molar-refractivity contribution is 5.92. The first-order chi connectivity index (χ1) is 41.4. The van der Waals surface area contributed by atoms with E-state index < -0.39 is 34.7 Å². The number of piperazine rings is 3.